The lowest BCUT2D eigenvalue weighted by Crippen LogP contribution is -2.16. The van der Waals surface area contributed by atoms with Crippen molar-refractivity contribution in [3.63, 3.8) is 0 Å². The van der Waals surface area contributed by atoms with Gasteiger partial charge in [0.1, 0.15) is 5.69 Å². The van der Waals surface area contributed by atoms with Crippen LogP contribution in [0.15, 0.2) is 88.2 Å². The minimum Gasteiger partial charge on any atom is -0.319 e. The van der Waals surface area contributed by atoms with Gasteiger partial charge in [0.25, 0.3) is 15.9 Å². The third-order valence-electron chi connectivity index (χ3n) is 4.42. The average Bonchev–Trinajstić information content (AvgIpc) is 2.76. The fourth-order valence-electron chi connectivity index (χ4n) is 2.88. The number of pyridine rings is 1. The Bertz CT molecular complexity index is 1390. The number of anilines is 2. The number of nitrogens with zero attached hydrogens (tertiary/aromatic N) is 1. The fraction of sp³-hybridized carbons (Fsp3) is 0. The van der Waals surface area contributed by atoms with Crippen molar-refractivity contribution in [2.24, 2.45) is 0 Å². The molecule has 1 amide bonds. The number of halogens is 2. The molecule has 1 aromatic heterocycles. The molecular formula is C22H15BrClN3O3S. The molecule has 0 aliphatic carbocycles. The molecule has 0 atom stereocenters. The molecule has 0 radical (unpaired) electrons. The fourth-order valence-corrected chi connectivity index (χ4v) is 4.39. The molecular weight excluding hydrogens is 502 g/mol. The number of benzene rings is 3. The molecule has 0 spiro atoms. The van der Waals surface area contributed by atoms with Crippen LogP contribution in [-0.2, 0) is 10.0 Å². The predicted octanol–water partition coefficient (Wildman–Crippen LogP) is 5.70. The Balaban J connectivity index is 1.59. The van der Waals surface area contributed by atoms with Gasteiger partial charge in [-0.25, -0.2) is 13.4 Å². The van der Waals surface area contributed by atoms with Gasteiger partial charge in [-0.1, -0.05) is 51.8 Å². The number of aromatic nitrogens is 1. The highest BCUT2D eigenvalue weighted by Crippen LogP contribution is 2.27. The molecule has 3 aromatic carbocycles. The minimum absolute atomic E-state index is 0.0402. The van der Waals surface area contributed by atoms with E-state index in [2.05, 4.69) is 31.0 Å². The molecule has 0 unspecified atom stereocenters. The van der Waals surface area contributed by atoms with Gasteiger partial charge < -0.3 is 5.32 Å². The second-order valence-corrected chi connectivity index (χ2v) is 9.60. The number of sulfonamides is 1. The molecule has 0 saturated heterocycles. The monoisotopic (exact) mass is 515 g/mol. The summed E-state index contributed by atoms with van der Waals surface area (Å²) in [6.45, 7) is 0. The van der Waals surface area contributed by atoms with Crippen LogP contribution < -0.4 is 10.0 Å². The van der Waals surface area contributed by atoms with E-state index in [0.717, 1.165) is 9.86 Å². The third-order valence-corrected chi connectivity index (χ3v) is 6.66. The lowest BCUT2D eigenvalue weighted by molar-refractivity contribution is 0.102. The first-order chi connectivity index (χ1) is 14.8. The Hall–Kier alpha value is -2.94. The topological polar surface area (TPSA) is 88.2 Å². The van der Waals surface area contributed by atoms with Gasteiger partial charge in [0.05, 0.1) is 21.1 Å². The van der Waals surface area contributed by atoms with E-state index >= 15 is 0 Å². The zero-order valence-electron chi connectivity index (χ0n) is 15.8. The van der Waals surface area contributed by atoms with Gasteiger partial charge in [0.15, 0.2) is 0 Å². The zero-order valence-corrected chi connectivity index (χ0v) is 19.0. The highest BCUT2D eigenvalue weighted by Gasteiger charge is 2.18. The molecule has 0 bridgehead atoms. The zero-order chi connectivity index (χ0) is 22.0. The number of fused-ring (bicyclic) bond motifs is 1. The van der Waals surface area contributed by atoms with Gasteiger partial charge in [-0.2, -0.15) is 0 Å². The first kappa shape index (κ1) is 21.3. The van der Waals surface area contributed by atoms with E-state index in [4.69, 9.17) is 11.6 Å². The molecule has 6 nitrogen and oxygen atoms in total. The number of carbonyl (C=O) groups is 1. The second-order valence-electron chi connectivity index (χ2n) is 6.60. The van der Waals surface area contributed by atoms with Gasteiger partial charge >= 0.3 is 0 Å². The Morgan fingerprint density at radius 2 is 1.68 bits per heavy atom. The molecule has 0 aliphatic heterocycles. The smallest absolute Gasteiger partial charge is 0.274 e. The summed E-state index contributed by atoms with van der Waals surface area (Å²) in [5.74, 6) is -0.497. The Morgan fingerprint density at radius 1 is 0.935 bits per heavy atom. The SMILES string of the molecule is O=C(Nc1cc(S(=O)(=O)Nc2ccc(Br)cc2)ccc1Cl)c1ccc2ccccc2n1. The standard InChI is InChI=1S/C22H15BrClN3O3S/c23-15-6-8-16(9-7-15)27-31(29,30)17-10-11-18(24)21(13-17)26-22(28)20-12-5-14-3-1-2-4-19(14)25-20/h1-13,27H,(H,26,28). The van der Waals surface area contributed by atoms with E-state index < -0.39 is 15.9 Å². The summed E-state index contributed by atoms with van der Waals surface area (Å²) in [5, 5.41) is 3.76. The lowest BCUT2D eigenvalue weighted by atomic mass is 10.2. The van der Waals surface area contributed by atoms with Crippen molar-refractivity contribution in [3.05, 3.63) is 94.1 Å². The van der Waals surface area contributed by atoms with Gasteiger partial charge in [-0.3, -0.25) is 9.52 Å². The molecule has 0 saturated carbocycles. The maximum atomic E-state index is 12.8. The van der Waals surface area contributed by atoms with Crippen LogP contribution in [0.4, 0.5) is 11.4 Å². The summed E-state index contributed by atoms with van der Waals surface area (Å²) in [6, 6.07) is 21.6. The molecule has 156 valence electrons. The normalized spacial score (nSPS) is 11.3. The number of para-hydroxylation sites is 1. The first-order valence-electron chi connectivity index (χ1n) is 9.07. The maximum absolute atomic E-state index is 12.8. The second kappa shape index (κ2) is 8.66. The quantitative estimate of drug-likeness (QED) is 0.356. The van der Waals surface area contributed by atoms with E-state index in [1.807, 2.05) is 18.2 Å². The van der Waals surface area contributed by atoms with Crippen molar-refractivity contribution in [2.75, 3.05) is 10.0 Å². The van der Waals surface area contributed by atoms with Crippen molar-refractivity contribution < 1.29 is 13.2 Å². The number of rotatable bonds is 5. The molecule has 9 heteroatoms. The molecule has 4 aromatic rings. The third kappa shape index (κ3) is 4.87. The number of nitrogens with one attached hydrogen (secondary N) is 2. The van der Waals surface area contributed by atoms with Crippen LogP contribution in [0.2, 0.25) is 5.02 Å². The summed E-state index contributed by atoms with van der Waals surface area (Å²) in [5.41, 5.74) is 1.44. The summed E-state index contributed by atoms with van der Waals surface area (Å²) in [7, 11) is -3.89. The summed E-state index contributed by atoms with van der Waals surface area (Å²) >= 11 is 9.50. The lowest BCUT2D eigenvalue weighted by Gasteiger charge is -2.12. The summed E-state index contributed by atoms with van der Waals surface area (Å²) in [6.07, 6.45) is 0. The van der Waals surface area contributed by atoms with Crippen molar-refractivity contribution in [1.82, 2.24) is 4.98 Å². The van der Waals surface area contributed by atoms with Crippen LogP contribution in [-0.4, -0.2) is 19.3 Å². The van der Waals surface area contributed by atoms with Crippen LogP contribution >= 0.6 is 27.5 Å². The van der Waals surface area contributed by atoms with Crippen LogP contribution in [0.25, 0.3) is 10.9 Å². The molecule has 4 rings (SSSR count). The minimum atomic E-state index is -3.89. The van der Waals surface area contributed by atoms with E-state index in [9.17, 15) is 13.2 Å². The molecule has 2 N–H and O–H groups in total. The van der Waals surface area contributed by atoms with Crippen LogP contribution in [0.1, 0.15) is 10.5 Å². The predicted molar refractivity (Wildman–Crippen MR) is 126 cm³/mol. The molecule has 0 aliphatic rings. The number of hydrogen-bond donors (Lipinski definition) is 2. The Kier molecular flexibility index (Phi) is 5.95. The summed E-state index contributed by atoms with van der Waals surface area (Å²) < 4.78 is 28.8. The van der Waals surface area contributed by atoms with E-state index in [-0.39, 0.29) is 21.3 Å². The number of hydrogen-bond acceptors (Lipinski definition) is 4. The molecule has 31 heavy (non-hydrogen) atoms. The average molecular weight is 517 g/mol. The van der Waals surface area contributed by atoms with E-state index in [1.54, 1.807) is 42.5 Å². The van der Waals surface area contributed by atoms with E-state index in [1.165, 1.54) is 18.2 Å². The Labute approximate surface area is 192 Å². The maximum Gasteiger partial charge on any atom is 0.274 e. The highest BCUT2D eigenvalue weighted by molar-refractivity contribution is 9.10. The van der Waals surface area contributed by atoms with Gasteiger partial charge in [0, 0.05) is 15.5 Å². The van der Waals surface area contributed by atoms with Crippen molar-refractivity contribution >= 4 is 65.7 Å². The van der Waals surface area contributed by atoms with Gasteiger partial charge in [0.2, 0.25) is 0 Å². The number of carbonyl (C=O) groups excluding carboxylic acids is 1. The van der Waals surface area contributed by atoms with Crippen molar-refractivity contribution in [2.45, 2.75) is 4.90 Å². The van der Waals surface area contributed by atoms with Crippen LogP contribution in [0.5, 0.6) is 0 Å². The first-order valence-corrected chi connectivity index (χ1v) is 11.7. The highest BCUT2D eigenvalue weighted by atomic mass is 79.9. The molecule has 1 heterocycles. The number of amides is 1. The van der Waals surface area contributed by atoms with Crippen molar-refractivity contribution in [1.29, 1.82) is 0 Å². The van der Waals surface area contributed by atoms with Crippen LogP contribution in [0, 0.1) is 0 Å². The summed E-state index contributed by atoms with van der Waals surface area (Å²) in [4.78, 5) is 17.0. The largest absolute Gasteiger partial charge is 0.319 e. The van der Waals surface area contributed by atoms with Gasteiger partial charge in [-0.05, 0) is 54.6 Å². The van der Waals surface area contributed by atoms with Gasteiger partial charge in [-0.15, -0.1) is 0 Å². The molecule has 0 fully saturated rings. The van der Waals surface area contributed by atoms with Crippen molar-refractivity contribution in [3.8, 4) is 0 Å². The Morgan fingerprint density at radius 3 is 2.45 bits per heavy atom. The van der Waals surface area contributed by atoms with Crippen LogP contribution in [0.3, 0.4) is 0 Å². The van der Waals surface area contributed by atoms with E-state index in [0.29, 0.717) is 11.2 Å².